The highest BCUT2D eigenvalue weighted by molar-refractivity contribution is 5.94. The monoisotopic (exact) mass is 410 g/mol. The Morgan fingerprint density at radius 3 is 2.73 bits per heavy atom. The summed E-state index contributed by atoms with van der Waals surface area (Å²) in [4.78, 5) is 30.4. The van der Waals surface area contributed by atoms with Gasteiger partial charge in [0.2, 0.25) is 0 Å². The van der Waals surface area contributed by atoms with Crippen LogP contribution in [0.5, 0.6) is 11.5 Å². The van der Waals surface area contributed by atoms with Crippen LogP contribution in [0.1, 0.15) is 23.0 Å². The average Bonchev–Trinajstić information content (AvgIpc) is 2.74. The summed E-state index contributed by atoms with van der Waals surface area (Å²) >= 11 is 0. The topological polar surface area (TPSA) is 106 Å². The maximum absolute atomic E-state index is 13.1. The average molecular weight is 410 g/mol. The van der Waals surface area contributed by atoms with Crippen molar-refractivity contribution in [3.8, 4) is 22.8 Å². The molecule has 3 aromatic rings. The summed E-state index contributed by atoms with van der Waals surface area (Å²) in [5.74, 6) is -0.0280. The van der Waals surface area contributed by atoms with E-state index in [0.717, 1.165) is 0 Å². The maximum Gasteiger partial charge on any atom is 0.346 e. The normalized spacial score (nSPS) is 10.8. The Bertz CT molecular complexity index is 1130. The van der Waals surface area contributed by atoms with Crippen LogP contribution in [-0.2, 0) is 0 Å². The van der Waals surface area contributed by atoms with Gasteiger partial charge in [0.05, 0.1) is 25.6 Å². The van der Waals surface area contributed by atoms with E-state index in [4.69, 9.17) is 9.47 Å². The molecule has 0 aliphatic carbocycles. The molecule has 0 aliphatic rings. The number of carbonyl (C=O) groups is 1. The SMILES string of the molecule is CCOc1cccc(/C=N/NC(=O)c2cc(-c3ccc(F)cc3)nc(=O)[nH]2)c1OC. The van der Waals surface area contributed by atoms with E-state index in [1.165, 1.54) is 43.7 Å². The van der Waals surface area contributed by atoms with Crippen molar-refractivity contribution < 1.29 is 18.7 Å². The number of H-pyrrole nitrogens is 1. The zero-order valence-electron chi connectivity index (χ0n) is 16.3. The van der Waals surface area contributed by atoms with Gasteiger partial charge in [0.1, 0.15) is 11.5 Å². The summed E-state index contributed by atoms with van der Waals surface area (Å²) < 4.78 is 24.0. The third-order valence-corrected chi connectivity index (χ3v) is 4.01. The number of methoxy groups -OCH3 is 1. The molecular formula is C21H19FN4O4. The minimum atomic E-state index is -0.711. The van der Waals surface area contributed by atoms with Gasteiger partial charge in [0.25, 0.3) is 5.91 Å². The lowest BCUT2D eigenvalue weighted by Gasteiger charge is -2.11. The number of hydrazone groups is 1. The summed E-state index contributed by atoms with van der Waals surface area (Å²) in [6.07, 6.45) is 1.40. The van der Waals surface area contributed by atoms with Crippen molar-refractivity contribution in [3.05, 3.63) is 76.1 Å². The number of aromatic nitrogens is 2. The van der Waals surface area contributed by atoms with E-state index >= 15 is 0 Å². The van der Waals surface area contributed by atoms with E-state index in [2.05, 4.69) is 20.5 Å². The van der Waals surface area contributed by atoms with E-state index in [1.807, 2.05) is 6.92 Å². The molecule has 8 nitrogen and oxygen atoms in total. The Balaban J connectivity index is 1.79. The van der Waals surface area contributed by atoms with Crippen molar-refractivity contribution >= 4 is 12.1 Å². The van der Waals surface area contributed by atoms with Crippen molar-refractivity contribution in [2.75, 3.05) is 13.7 Å². The predicted molar refractivity (Wildman–Crippen MR) is 109 cm³/mol. The van der Waals surface area contributed by atoms with Crippen molar-refractivity contribution in [2.45, 2.75) is 6.92 Å². The first-order chi connectivity index (χ1) is 14.5. The van der Waals surface area contributed by atoms with E-state index in [0.29, 0.717) is 29.2 Å². The molecule has 2 N–H and O–H groups in total. The highest BCUT2D eigenvalue weighted by atomic mass is 19.1. The number of nitrogens with one attached hydrogen (secondary N) is 2. The molecule has 0 spiro atoms. The number of aromatic amines is 1. The van der Waals surface area contributed by atoms with Crippen LogP contribution in [0.2, 0.25) is 0 Å². The van der Waals surface area contributed by atoms with Gasteiger partial charge in [-0.25, -0.2) is 14.6 Å². The minimum absolute atomic E-state index is 0.0403. The molecule has 1 aromatic heterocycles. The first-order valence-electron chi connectivity index (χ1n) is 9.02. The summed E-state index contributed by atoms with van der Waals surface area (Å²) in [6.45, 7) is 2.33. The Kier molecular flexibility index (Phi) is 6.53. The fourth-order valence-electron chi connectivity index (χ4n) is 2.69. The smallest absolute Gasteiger partial charge is 0.346 e. The Morgan fingerprint density at radius 1 is 1.27 bits per heavy atom. The van der Waals surface area contributed by atoms with Crippen LogP contribution >= 0.6 is 0 Å². The maximum atomic E-state index is 13.1. The highest BCUT2D eigenvalue weighted by Crippen LogP contribution is 2.29. The molecule has 0 unspecified atom stereocenters. The number of halogens is 1. The number of amides is 1. The molecule has 0 saturated heterocycles. The molecule has 3 rings (SSSR count). The summed E-state index contributed by atoms with van der Waals surface area (Å²) in [7, 11) is 1.51. The van der Waals surface area contributed by atoms with Crippen molar-refractivity contribution in [1.29, 1.82) is 0 Å². The zero-order chi connectivity index (χ0) is 21.5. The highest BCUT2D eigenvalue weighted by Gasteiger charge is 2.11. The zero-order valence-corrected chi connectivity index (χ0v) is 16.3. The number of carbonyl (C=O) groups excluding carboxylic acids is 1. The lowest BCUT2D eigenvalue weighted by molar-refractivity contribution is 0.0949. The summed E-state index contributed by atoms with van der Waals surface area (Å²) in [6, 6.07) is 12.1. The third kappa shape index (κ3) is 4.88. The van der Waals surface area contributed by atoms with Gasteiger partial charge in [-0.15, -0.1) is 0 Å². The van der Waals surface area contributed by atoms with E-state index in [9.17, 15) is 14.0 Å². The number of hydrogen-bond acceptors (Lipinski definition) is 6. The standard InChI is InChI=1S/C21H19FN4O4/c1-3-30-18-6-4-5-14(19(18)29-2)12-23-26-20(27)17-11-16(24-21(28)25-17)13-7-9-15(22)10-8-13/h4-12H,3H2,1-2H3,(H,26,27)(H,24,25,28)/b23-12+. The number of rotatable bonds is 7. The molecule has 0 radical (unpaired) electrons. The van der Waals surface area contributed by atoms with Crippen LogP contribution in [0.15, 0.2) is 58.4 Å². The number of ether oxygens (including phenoxy) is 2. The van der Waals surface area contributed by atoms with E-state index in [1.54, 1.807) is 18.2 Å². The van der Waals surface area contributed by atoms with E-state index in [-0.39, 0.29) is 11.4 Å². The number of para-hydroxylation sites is 1. The minimum Gasteiger partial charge on any atom is -0.492 e. The number of benzene rings is 2. The van der Waals surface area contributed by atoms with Crippen LogP contribution in [0.4, 0.5) is 4.39 Å². The van der Waals surface area contributed by atoms with Crippen LogP contribution in [0.3, 0.4) is 0 Å². The van der Waals surface area contributed by atoms with Gasteiger partial charge in [-0.2, -0.15) is 10.1 Å². The molecule has 0 aliphatic heterocycles. The third-order valence-electron chi connectivity index (χ3n) is 4.01. The van der Waals surface area contributed by atoms with Crippen molar-refractivity contribution in [1.82, 2.24) is 15.4 Å². The van der Waals surface area contributed by atoms with Crippen LogP contribution in [0, 0.1) is 5.82 Å². The second-order valence-electron chi connectivity index (χ2n) is 6.00. The fraction of sp³-hybridized carbons (Fsp3) is 0.143. The second kappa shape index (κ2) is 9.46. The first-order valence-corrected chi connectivity index (χ1v) is 9.02. The quantitative estimate of drug-likeness (QED) is 0.460. The number of hydrogen-bond donors (Lipinski definition) is 2. The van der Waals surface area contributed by atoms with Gasteiger partial charge < -0.3 is 14.5 Å². The molecule has 0 fully saturated rings. The second-order valence-corrected chi connectivity index (χ2v) is 6.00. The van der Waals surface area contributed by atoms with E-state index < -0.39 is 17.4 Å². The lowest BCUT2D eigenvalue weighted by Crippen LogP contribution is -2.24. The molecule has 0 saturated carbocycles. The summed E-state index contributed by atoms with van der Waals surface area (Å²) in [5.41, 5.74) is 2.92. The molecule has 2 aromatic carbocycles. The van der Waals surface area contributed by atoms with Crippen LogP contribution in [-0.4, -0.2) is 35.8 Å². The fourth-order valence-corrected chi connectivity index (χ4v) is 2.69. The van der Waals surface area contributed by atoms with Crippen LogP contribution < -0.4 is 20.6 Å². The van der Waals surface area contributed by atoms with Gasteiger partial charge in [0, 0.05) is 11.1 Å². The summed E-state index contributed by atoms with van der Waals surface area (Å²) in [5, 5.41) is 3.92. The Labute approximate surface area is 171 Å². The van der Waals surface area contributed by atoms with Crippen molar-refractivity contribution in [2.24, 2.45) is 5.10 Å². The van der Waals surface area contributed by atoms with Crippen LogP contribution in [0.25, 0.3) is 11.3 Å². The molecule has 30 heavy (non-hydrogen) atoms. The molecule has 0 atom stereocenters. The Morgan fingerprint density at radius 2 is 2.03 bits per heavy atom. The molecule has 1 heterocycles. The molecule has 1 amide bonds. The van der Waals surface area contributed by atoms with Gasteiger partial charge in [-0.1, -0.05) is 6.07 Å². The Hall–Kier alpha value is -4.01. The van der Waals surface area contributed by atoms with Gasteiger partial charge in [0.15, 0.2) is 11.5 Å². The number of nitrogens with zero attached hydrogens (tertiary/aromatic N) is 2. The molecule has 9 heteroatoms. The van der Waals surface area contributed by atoms with Crippen molar-refractivity contribution in [3.63, 3.8) is 0 Å². The molecule has 0 bridgehead atoms. The lowest BCUT2D eigenvalue weighted by atomic mass is 10.1. The van der Waals surface area contributed by atoms with Gasteiger partial charge in [-0.3, -0.25) is 4.79 Å². The largest absolute Gasteiger partial charge is 0.492 e. The van der Waals surface area contributed by atoms with Gasteiger partial charge >= 0.3 is 5.69 Å². The molecular weight excluding hydrogens is 391 g/mol. The van der Waals surface area contributed by atoms with Gasteiger partial charge in [-0.05, 0) is 49.4 Å². The predicted octanol–water partition coefficient (Wildman–Crippen LogP) is 2.75. The molecule has 154 valence electrons. The first kappa shape index (κ1) is 20.7.